The Labute approximate surface area is 194 Å². The van der Waals surface area contributed by atoms with Crippen LogP contribution in [0.3, 0.4) is 0 Å². The van der Waals surface area contributed by atoms with Crippen molar-refractivity contribution in [3.8, 4) is 0 Å². The Hall–Kier alpha value is -2.99. The molecule has 1 unspecified atom stereocenters. The maximum atomic E-state index is 12.4. The Kier molecular flexibility index (Phi) is 9.99. The largest absolute Gasteiger partial charge is 0.465 e. The summed E-state index contributed by atoms with van der Waals surface area (Å²) in [6.45, 7) is 10.1. The summed E-state index contributed by atoms with van der Waals surface area (Å²) >= 11 is 0. The van der Waals surface area contributed by atoms with Crippen molar-refractivity contribution in [3.05, 3.63) is 11.6 Å². The molecule has 0 saturated carbocycles. The normalized spacial score (nSPS) is 16.1. The molecule has 0 aromatic carbocycles. The smallest absolute Gasteiger partial charge is 0.373 e. The van der Waals surface area contributed by atoms with Gasteiger partial charge in [-0.3, -0.25) is 20.1 Å². The Bertz CT molecular complexity index is 820. The number of carbonyl (C=O) groups is 3. The maximum absolute atomic E-state index is 12.4. The Morgan fingerprint density at radius 3 is 2.33 bits per heavy atom. The van der Waals surface area contributed by atoms with Gasteiger partial charge in [-0.25, -0.2) is 9.59 Å². The first-order valence-electron chi connectivity index (χ1n) is 10.6. The van der Waals surface area contributed by atoms with Crippen LogP contribution < -0.4 is 17.2 Å². The lowest BCUT2D eigenvalue weighted by atomic mass is 10.1. The first-order chi connectivity index (χ1) is 15.2. The fourth-order valence-electron chi connectivity index (χ4n) is 3.11. The maximum Gasteiger partial charge on any atom is 0.373 e. The van der Waals surface area contributed by atoms with Crippen molar-refractivity contribution in [2.75, 3.05) is 32.8 Å². The van der Waals surface area contributed by atoms with E-state index >= 15 is 0 Å². The van der Waals surface area contributed by atoms with Gasteiger partial charge in [0.1, 0.15) is 17.2 Å². The number of rotatable bonds is 10. The Morgan fingerprint density at radius 2 is 1.76 bits per heavy atom. The lowest BCUT2D eigenvalue weighted by Gasteiger charge is -2.30. The fourth-order valence-corrected chi connectivity index (χ4v) is 3.11. The fraction of sp³-hybridized carbons (Fsp3) is 0.667. The number of nitrogens with one attached hydrogen (secondary N) is 1. The molecule has 0 fully saturated rings. The number of nitrogens with zero attached hydrogens (tertiary/aromatic N) is 2. The number of aliphatic imine (C=N–C) groups is 1. The molecule has 1 rings (SSSR count). The van der Waals surface area contributed by atoms with Gasteiger partial charge in [0.05, 0.1) is 13.2 Å². The second-order valence-electron chi connectivity index (χ2n) is 9.01. The first kappa shape index (κ1) is 28.0. The number of hydrogen-bond acceptors (Lipinski definition) is 10. The van der Waals surface area contributed by atoms with Gasteiger partial charge in [0.25, 0.3) is 0 Å². The predicted molar refractivity (Wildman–Crippen MR) is 122 cm³/mol. The molecule has 1 heterocycles. The van der Waals surface area contributed by atoms with E-state index in [9.17, 15) is 14.4 Å². The molecule has 0 aromatic rings. The summed E-state index contributed by atoms with van der Waals surface area (Å²) in [5.41, 5.74) is 15.7. The molecule has 186 valence electrons. The number of nitrogens with two attached hydrogens (primary N) is 3. The average Bonchev–Trinajstić information content (AvgIpc) is 3.11. The highest BCUT2D eigenvalue weighted by molar-refractivity contribution is 6.35. The van der Waals surface area contributed by atoms with Crippen LogP contribution in [0.5, 0.6) is 0 Å². The van der Waals surface area contributed by atoms with Crippen LogP contribution in [-0.4, -0.2) is 84.5 Å². The van der Waals surface area contributed by atoms with Gasteiger partial charge in [-0.1, -0.05) is 11.6 Å². The van der Waals surface area contributed by atoms with Crippen molar-refractivity contribution in [2.45, 2.75) is 58.3 Å². The van der Waals surface area contributed by atoms with E-state index in [2.05, 4.69) is 9.89 Å². The molecule has 1 atom stereocenters. The van der Waals surface area contributed by atoms with E-state index in [-0.39, 0.29) is 19.0 Å². The van der Waals surface area contributed by atoms with Crippen LogP contribution in [0.1, 0.15) is 41.0 Å². The molecule has 1 aliphatic rings. The second kappa shape index (κ2) is 11.8. The van der Waals surface area contributed by atoms with E-state index in [0.717, 1.165) is 5.57 Å². The van der Waals surface area contributed by atoms with Crippen LogP contribution in [0.2, 0.25) is 0 Å². The highest BCUT2D eigenvalue weighted by Gasteiger charge is 2.31. The van der Waals surface area contributed by atoms with E-state index in [0.29, 0.717) is 26.1 Å². The minimum absolute atomic E-state index is 0.118. The lowest BCUT2D eigenvalue weighted by Crippen LogP contribution is -2.44. The molecule has 0 spiro atoms. The molecule has 33 heavy (non-hydrogen) atoms. The highest BCUT2D eigenvalue weighted by Crippen LogP contribution is 2.19. The summed E-state index contributed by atoms with van der Waals surface area (Å²) < 4.78 is 15.5. The molecule has 1 aliphatic heterocycles. The van der Waals surface area contributed by atoms with Gasteiger partial charge in [0.2, 0.25) is 11.7 Å². The van der Waals surface area contributed by atoms with E-state index in [1.807, 2.05) is 6.08 Å². The van der Waals surface area contributed by atoms with Crippen molar-refractivity contribution in [3.63, 3.8) is 0 Å². The van der Waals surface area contributed by atoms with Crippen molar-refractivity contribution in [1.29, 1.82) is 5.41 Å². The summed E-state index contributed by atoms with van der Waals surface area (Å²) in [7, 11) is 0. The lowest BCUT2D eigenvalue weighted by molar-refractivity contribution is -0.149. The predicted octanol–water partition coefficient (Wildman–Crippen LogP) is -0.554. The molecule has 0 radical (unpaired) electrons. The SMILES string of the molecule is CCOC(=O)C(N)CC1=CCN(CC(C)(C)OC(=O)C(N)=NCC(C)(C)OC(=O)C(=N)N)C1. The van der Waals surface area contributed by atoms with Crippen LogP contribution in [0.25, 0.3) is 0 Å². The second-order valence-corrected chi connectivity index (χ2v) is 9.01. The van der Waals surface area contributed by atoms with Crippen molar-refractivity contribution < 1.29 is 28.6 Å². The Balaban J connectivity index is 2.56. The van der Waals surface area contributed by atoms with Crippen LogP contribution in [0, 0.1) is 5.41 Å². The number of ether oxygens (including phenoxy) is 3. The van der Waals surface area contributed by atoms with E-state index in [4.69, 9.17) is 36.8 Å². The highest BCUT2D eigenvalue weighted by atomic mass is 16.6. The van der Waals surface area contributed by atoms with E-state index < -0.39 is 41.0 Å². The van der Waals surface area contributed by atoms with Crippen molar-refractivity contribution in [1.82, 2.24) is 4.90 Å². The molecular formula is C21H36N6O6. The zero-order chi connectivity index (χ0) is 25.4. The monoisotopic (exact) mass is 468 g/mol. The molecule has 0 amide bonds. The number of amidine groups is 2. The van der Waals surface area contributed by atoms with Gasteiger partial charge < -0.3 is 31.4 Å². The van der Waals surface area contributed by atoms with Crippen LogP contribution in [0.4, 0.5) is 0 Å². The average molecular weight is 469 g/mol. The summed E-state index contributed by atoms with van der Waals surface area (Å²) in [6.07, 6.45) is 2.40. The number of esters is 3. The van der Waals surface area contributed by atoms with E-state index in [1.165, 1.54) is 0 Å². The summed E-state index contributed by atoms with van der Waals surface area (Å²) in [4.78, 5) is 41.6. The van der Waals surface area contributed by atoms with E-state index in [1.54, 1.807) is 34.6 Å². The van der Waals surface area contributed by atoms with Gasteiger partial charge in [-0.15, -0.1) is 0 Å². The summed E-state index contributed by atoms with van der Waals surface area (Å²) in [6, 6.07) is -0.711. The molecule has 0 saturated heterocycles. The minimum Gasteiger partial charge on any atom is -0.465 e. The molecule has 12 heteroatoms. The molecule has 12 nitrogen and oxygen atoms in total. The Morgan fingerprint density at radius 1 is 1.15 bits per heavy atom. The van der Waals surface area contributed by atoms with Crippen LogP contribution in [-0.2, 0) is 28.6 Å². The van der Waals surface area contributed by atoms with Gasteiger partial charge in [-0.05, 0) is 41.0 Å². The third-order valence-electron chi connectivity index (χ3n) is 4.54. The summed E-state index contributed by atoms with van der Waals surface area (Å²) in [5, 5.41) is 7.07. The zero-order valence-electron chi connectivity index (χ0n) is 20.0. The molecule has 0 bridgehead atoms. The quantitative estimate of drug-likeness (QED) is 0.106. The third-order valence-corrected chi connectivity index (χ3v) is 4.54. The van der Waals surface area contributed by atoms with Gasteiger partial charge >= 0.3 is 17.9 Å². The number of carbonyl (C=O) groups excluding carboxylic acids is 3. The number of hydrogen-bond donors (Lipinski definition) is 4. The topological polar surface area (TPSA) is 196 Å². The summed E-state index contributed by atoms with van der Waals surface area (Å²) in [5.74, 6) is -3.32. The van der Waals surface area contributed by atoms with Crippen LogP contribution >= 0.6 is 0 Å². The molecule has 0 aromatic heterocycles. The molecule has 7 N–H and O–H groups in total. The molecular weight excluding hydrogens is 432 g/mol. The third kappa shape index (κ3) is 10.00. The first-order valence-corrected chi connectivity index (χ1v) is 10.6. The van der Waals surface area contributed by atoms with Gasteiger partial charge in [0.15, 0.2) is 0 Å². The van der Waals surface area contributed by atoms with Gasteiger partial charge in [-0.2, -0.15) is 0 Å². The van der Waals surface area contributed by atoms with Gasteiger partial charge in [0, 0.05) is 19.6 Å². The van der Waals surface area contributed by atoms with Crippen LogP contribution in [0.15, 0.2) is 16.6 Å². The standard InChI is InChI=1S/C21H36N6O6/c1-6-31-17(28)14(22)9-13-7-8-27(10-13)12-21(4,5)33-19(30)16(25)26-11-20(2,3)32-18(29)15(23)24/h7,14H,6,8-12,22H2,1-5H3,(H3,23,24)(H2,25,26). The zero-order valence-corrected chi connectivity index (χ0v) is 20.0. The van der Waals surface area contributed by atoms with Crippen molar-refractivity contribution >= 4 is 29.6 Å². The molecule has 0 aliphatic carbocycles. The minimum atomic E-state index is -1.12. The van der Waals surface area contributed by atoms with Crippen molar-refractivity contribution in [2.24, 2.45) is 22.2 Å².